The molecular formula is C18H24FNO. The van der Waals surface area contributed by atoms with Crippen molar-refractivity contribution in [3.63, 3.8) is 0 Å². The third-order valence-electron chi connectivity index (χ3n) is 3.73. The quantitative estimate of drug-likeness (QED) is 0.813. The lowest BCUT2D eigenvalue weighted by Gasteiger charge is -2.35. The molecule has 0 aliphatic rings. The smallest absolute Gasteiger partial charge is 0.123 e. The molecule has 2 unspecified atom stereocenters. The van der Waals surface area contributed by atoms with E-state index in [0.717, 1.165) is 17.7 Å². The Morgan fingerprint density at radius 3 is 2.29 bits per heavy atom. The molecule has 0 radical (unpaired) electrons. The molecule has 2 aromatic rings. The Bertz CT molecular complexity index is 540. The van der Waals surface area contributed by atoms with Crippen LogP contribution in [0, 0.1) is 11.2 Å². The second-order valence-electron chi connectivity index (χ2n) is 6.49. The minimum Gasteiger partial charge on any atom is -0.468 e. The summed E-state index contributed by atoms with van der Waals surface area (Å²) in [4.78, 5) is 0. The number of halogens is 1. The molecule has 0 aliphatic carbocycles. The molecule has 1 aromatic carbocycles. The maximum absolute atomic E-state index is 13.2. The van der Waals surface area contributed by atoms with Crippen molar-refractivity contribution in [1.29, 1.82) is 0 Å². The van der Waals surface area contributed by atoms with Crippen molar-refractivity contribution in [3.8, 4) is 0 Å². The van der Waals surface area contributed by atoms with Crippen molar-refractivity contribution in [3.05, 3.63) is 59.8 Å². The third kappa shape index (κ3) is 3.94. The molecule has 1 N–H and O–H groups in total. The Morgan fingerprint density at radius 2 is 1.81 bits per heavy atom. The minimum absolute atomic E-state index is 0.0117. The van der Waals surface area contributed by atoms with Crippen LogP contribution in [-0.4, -0.2) is 0 Å². The average Bonchev–Trinajstić information content (AvgIpc) is 2.94. The zero-order valence-electron chi connectivity index (χ0n) is 13.2. The van der Waals surface area contributed by atoms with Crippen LogP contribution < -0.4 is 5.32 Å². The van der Waals surface area contributed by atoms with Crippen LogP contribution in [0.4, 0.5) is 4.39 Å². The van der Waals surface area contributed by atoms with Crippen molar-refractivity contribution in [2.75, 3.05) is 0 Å². The largest absolute Gasteiger partial charge is 0.468 e. The van der Waals surface area contributed by atoms with Gasteiger partial charge in [0.25, 0.3) is 0 Å². The Hall–Kier alpha value is -1.61. The number of hydrogen-bond donors (Lipinski definition) is 1. The van der Waals surface area contributed by atoms with Crippen LogP contribution in [0.1, 0.15) is 57.5 Å². The normalized spacial score (nSPS) is 14.9. The van der Waals surface area contributed by atoms with E-state index in [1.54, 1.807) is 6.26 Å². The van der Waals surface area contributed by atoms with Gasteiger partial charge in [0.05, 0.1) is 12.3 Å². The predicted octanol–water partition coefficient (Wildman–Crippen LogP) is 5.25. The highest BCUT2D eigenvalue weighted by molar-refractivity contribution is 5.22. The zero-order valence-corrected chi connectivity index (χ0v) is 13.2. The van der Waals surface area contributed by atoms with Gasteiger partial charge < -0.3 is 4.42 Å². The molecule has 2 atom stereocenters. The number of furan rings is 1. The summed E-state index contributed by atoms with van der Waals surface area (Å²) in [6.45, 7) is 8.68. The van der Waals surface area contributed by atoms with Gasteiger partial charge in [-0.1, -0.05) is 39.8 Å². The predicted molar refractivity (Wildman–Crippen MR) is 83.5 cm³/mol. The second-order valence-corrected chi connectivity index (χ2v) is 6.49. The van der Waals surface area contributed by atoms with Gasteiger partial charge in [0, 0.05) is 6.04 Å². The van der Waals surface area contributed by atoms with E-state index in [2.05, 4.69) is 33.0 Å². The van der Waals surface area contributed by atoms with Crippen molar-refractivity contribution >= 4 is 0 Å². The van der Waals surface area contributed by atoms with Crippen LogP contribution in [0.15, 0.2) is 47.1 Å². The summed E-state index contributed by atoms with van der Waals surface area (Å²) in [5.74, 6) is 0.735. The van der Waals surface area contributed by atoms with Gasteiger partial charge in [-0.3, -0.25) is 5.32 Å². The van der Waals surface area contributed by atoms with E-state index in [1.807, 2.05) is 24.3 Å². The van der Waals surface area contributed by atoms with Crippen molar-refractivity contribution < 1.29 is 8.81 Å². The Labute approximate surface area is 126 Å². The molecule has 0 fully saturated rings. The minimum atomic E-state index is -0.204. The fraction of sp³-hybridized carbons (Fsp3) is 0.444. The van der Waals surface area contributed by atoms with E-state index in [1.165, 1.54) is 12.1 Å². The van der Waals surface area contributed by atoms with Crippen LogP contribution in [-0.2, 0) is 0 Å². The fourth-order valence-corrected chi connectivity index (χ4v) is 2.59. The van der Waals surface area contributed by atoms with E-state index >= 15 is 0 Å². The lowest BCUT2D eigenvalue weighted by Crippen LogP contribution is -2.34. The fourth-order valence-electron chi connectivity index (χ4n) is 2.59. The lowest BCUT2D eigenvalue weighted by molar-refractivity contribution is 0.235. The molecule has 0 bridgehead atoms. The summed E-state index contributed by atoms with van der Waals surface area (Å²) >= 11 is 0. The standard InChI is InChI=1S/C18H24FNO/c1-5-15(16-7-6-12-21-16)20-17(18(2,3)4)13-8-10-14(19)11-9-13/h6-12,15,17,20H,5H2,1-4H3. The Balaban J connectivity index is 2.26. The molecule has 0 saturated heterocycles. The summed E-state index contributed by atoms with van der Waals surface area (Å²) in [5, 5.41) is 3.67. The first-order chi connectivity index (χ1) is 9.91. The van der Waals surface area contributed by atoms with Crippen LogP contribution >= 0.6 is 0 Å². The first-order valence-corrected chi connectivity index (χ1v) is 7.46. The molecule has 1 aromatic heterocycles. The van der Waals surface area contributed by atoms with Crippen molar-refractivity contribution in [1.82, 2.24) is 5.32 Å². The van der Waals surface area contributed by atoms with Gasteiger partial charge in [0.2, 0.25) is 0 Å². The molecule has 21 heavy (non-hydrogen) atoms. The summed E-state index contributed by atoms with van der Waals surface area (Å²) in [7, 11) is 0. The Morgan fingerprint density at radius 1 is 1.14 bits per heavy atom. The average molecular weight is 289 g/mol. The summed E-state index contributed by atoms with van der Waals surface area (Å²) in [5.41, 5.74) is 1.10. The van der Waals surface area contributed by atoms with Gasteiger partial charge >= 0.3 is 0 Å². The van der Waals surface area contributed by atoms with Crippen LogP contribution in [0.2, 0.25) is 0 Å². The van der Waals surface area contributed by atoms with E-state index in [-0.39, 0.29) is 23.3 Å². The lowest BCUT2D eigenvalue weighted by atomic mass is 9.81. The first-order valence-electron chi connectivity index (χ1n) is 7.46. The molecule has 0 spiro atoms. The highest BCUT2D eigenvalue weighted by atomic mass is 19.1. The highest BCUT2D eigenvalue weighted by Crippen LogP contribution is 2.35. The topological polar surface area (TPSA) is 25.2 Å². The number of nitrogens with one attached hydrogen (secondary N) is 1. The molecular weight excluding hydrogens is 265 g/mol. The molecule has 3 heteroatoms. The molecule has 0 saturated carbocycles. The van der Waals surface area contributed by atoms with Crippen LogP contribution in [0.25, 0.3) is 0 Å². The van der Waals surface area contributed by atoms with Crippen molar-refractivity contribution in [2.45, 2.75) is 46.2 Å². The van der Waals surface area contributed by atoms with E-state index < -0.39 is 0 Å². The van der Waals surface area contributed by atoms with E-state index in [0.29, 0.717) is 0 Å². The van der Waals surface area contributed by atoms with Gasteiger partial charge in [0.15, 0.2) is 0 Å². The van der Waals surface area contributed by atoms with Crippen LogP contribution in [0.5, 0.6) is 0 Å². The summed E-state index contributed by atoms with van der Waals surface area (Å²) in [6.07, 6.45) is 2.63. The molecule has 2 rings (SSSR count). The Kier molecular flexibility index (Phi) is 4.84. The van der Waals surface area contributed by atoms with E-state index in [4.69, 9.17) is 4.42 Å². The molecule has 1 heterocycles. The summed E-state index contributed by atoms with van der Waals surface area (Å²) < 4.78 is 18.7. The monoisotopic (exact) mass is 289 g/mol. The molecule has 0 amide bonds. The maximum atomic E-state index is 13.2. The van der Waals surface area contributed by atoms with E-state index in [9.17, 15) is 4.39 Å². The van der Waals surface area contributed by atoms with Crippen LogP contribution in [0.3, 0.4) is 0 Å². The number of benzene rings is 1. The highest BCUT2D eigenvalue weighted by Gasteiger charge is 2.29. The molecule has 114 valence electrons. The maximum Gasteiger partial charge on any atom is 0.123 e. The van der Waals surface area contributed by atoms with Crippen molar-refractivity contribution in [2.24, 2.45) is 5.41 Å². The number of hydrogen-bond acceptors (Lipinski definition) is 2. The molecule has 2 nitrogen and oxygen atoms in total. The SMILES string of the molecule is CCC(NC(c1ccc(F)cc1)C(C)(C)C)c1ccco1. The van der Waals surface area contributed by atoms with Gasteiger partial charge in [-0.2, -0.15) is 0 Å². The molecule has 0 aliphatic heterocycles. The number of rotatable bonds is 5. The first kappa shape index (κ1) is 15.8. The van der Waals surface area contributed by atoms with Gasteiger partial charge in [-0.15, -0.1) is 0 Å². The second kappa shape index (κ2) is 6.44. The van der Waals surface area contributed by atoms with Gasteiger partial charge in [-0.05, 0) is 41.7 Å². The van der Waals surface area contributed by atoms with Gasteiger partial charge in [0.1, 0.15) is 11.6 Å². The zero-order chi connectivity index (χ0) is 15.5. The summed E-state index contributed by atoms with van der Waals surface area (Å²) in [6, 6.07) is 10.9. The van der Waals surface area contributed by atoms with Gasteiger partial charge in [-0.25, -0.2) is 4.39 Å². The third-order valence-corrected chi connectivity index (χ3v) is 3.73.